The van der Waals surface area contributed by atoms with Crippen LogP contribution in [0.5, 0.6) is 0 Å². The summed E-state index contributed by atoms with van der Waals surface area (Å²) in [7, 11) is 2.00. The molecule has 72 valence electrons. The Balaban J connectivity index is 2.31. The van der Waals surface area contributed by atoms with Gasteiger partial charge in [0.05, 0.1) is 13.2 Å². The largest absolute Gasteiger partial charge is 0.380 e. The van der Waals surface area contributed by atoms with Gasteiger partial charge in [0.15, 0.2) is 0 Å². The van der Waals surface area contributed by atoms with Gasteiger partial charge in [0.25, 0.3) is 0 Å². The third-order valence-electron chi connectivity index (χ3n) is 2.36. The Kier molecular flexibility index (Phi) is 4.58. The summed E-state index contributed by atoms with van der Waals surface area (Å²) in [6, 6.07) is 0. The highest BCUT2D eigenvalue weighted by Crippen LogP contribution is 2.05. The zero-order valence-corrected chi connectivity index (χ0v) is 8.18. The molecule has 0 spiro atoms. The first-order valence-corrected chi connectivity index (χ1v) is 4.81. The van der Waals surface area contributed by atoms with Crippen molar-refractivity contribution in [2.24, 2.45) is 5.92 Å². The molecule has 0 aliphatic carbocycles. The monoisotopic (exact) mass is 172 g/mol. The van der Waals surface area contributed by atoms with Crippen molar-refractivity contribution < 1.29 is 4.74 Å². The van der Waals surface area contributed by atoms with E-state index in [-0.39, 0.29) is 0 Å². The van der Waals surface area contributed by atoms with E-state index < -0.39 is 0 Å². The normalized spacial score (nSPS) is 27.0. The molecule has 0 radical (unpaired) electrons. The molecule has 0 saturated carbocycles. The molecule has 3 nitrogen and oxygen atoms in total. The fourth-order valence-corrected chi connectivity index (χ4v) is 1.65. The molecule has 0 aromatic rings. The van der Waals surface area contributed by atoms with Crippen LogP contribution in [0, 0.1) is 5.92 Å². The first kappa shape index (κ1) is 9.96. The first-order chi connectivity index (χ1) is 5.86. The minimum absolute atomic E-state index is 0.664. The van der Waals surface area contributed by atoms with Crippen LogP contribution in [0.4, 0.5) is 0 Å². The van der Waals surface area contributed by atoms with Crippen LogP contribution >= 0.6 is 0 Å². The number of nitrogens with one attached hydrogen (secondary N) is 1. The predicted octanol–water partition coefficient (Wildman–Crippen LogP) is 0.174. The lowest BCUT2D eigenvalue weighted by molar-refractivity contribution is 0.122. The first-order valence-electron chi connectivity index (χ1n) is 4.81. The van der Waals surface area contributed by atoms with E-state index in [1.165, 1.54) is 6.54 Å². The van der Waals surface area contributed by atoms with Crippen LogP contribution in [-0.4, -0.2) is 51.3 Å². The summed E-state index contributed by atoms with van der Waals surface area (Å²) < 4.78 is 5.51. The van der Waals surface area contributed by atoms with Crippen molar-refractivity contribution in [3.63, 3.8) is 0 Å². The van der Waals surface area contributed by atoms with Gasteiger partial charge in [0, 0.05) is 25.6 Å². The maximum absolute atomic E-state index is 5.51. The lowest BCUT2D eigenvalue weighted by atomic mass is 10.1. The van der Waals surface area contributed by atoms with Crippen molar-refractivity contribution in [1.82, 2.24) is 10.2 Å². The van der Waals surface area contributed by atoms with Crippen molar-refractivity contribution in [1.29, 1.82) is 0 Å². The molecule has 1 N–H and O–H groups in total. The fourth-order valence-electron chi connectivity index (χ4n) is 1.65. The van der Waals surface area contributed by atoms with Gasteiger partial charge < -0.3 is 15.0 Å². The molecule has 0 aromatic heterocycles. The molecule has 1 aliphatic heterocycles. The molecule has 1 fully saturated rings. The smallest absolute Gasteiger partial charge is 0.0593 e. The van der Waals surface area contributed by atoms with Gasteiger partial charge in [-0.2, -0.15) is 0 Å². The average Bonchev–Trinajstić information content (AvgIpc) is 2.30. The summed E-state index contributed by atoms with van der Waals surface area (Å²) in [5, 5.41) is 3.20. The van der Waals surface area contributed by atoms with Crippen molar-refractivity contribution in [2.45, 2.75) is 6.92 Å². The molecule has 1 saturated heterocycles. The van der Waals surface area contributed by atoms with Crippen LogP contribution in [0.25, 0.3) is 0 Å². The highest BCUT2D eigenvalue weighted by molar-refractivity contribution is 4.69. The maximum Gasteiger partial charge on any atom is 0.0593 e. The molecule has 0 aromatic carbocycles. The third kappa shape index (κ3) is 3.09. The van der Waals surface area contributed by atoms with Gasteiger partial charge in [0.1, 0.15) is 0 Å². The minimum Gasteiger partial charge on any atom is -0.380 e. The zero-order valence-electron chi connectivity index (χ0n) is 8.18. The zero-order chi connectivity index (χ0) is 8.81. The molecule has 0 amide bonds. The Morgan fingerprint density at radius 3 is 3.08 bits per heavy atom. The topological polar surface area (TPSA) is 24.5 Å². The lowest BCUT2D eigenvalue weighted by Crippen LogP contribution is -2.33. The summed E-state index contributed by atoms with van der Waals surface area (Å²) in [6.45, 7) is 8.50. The Hall–Kier alpha value is -0.120. The molecule has 1 aliphatic rings. The SMILES string of the molecule is CCN1CCOCC(CNC)C1. The Morgan fingerprint density at radius 1 is 1.58 bits per heavy atom. The van der Waals surface area contributed by atoms with E-state index >= 15 is 0 Å². The minimum atomic E-state index is 0.664. The Labute approximate surface area is 75.1 Å². The molecule has 3 heteroatoms. The maximum atomic E-state index is 5.51. The third-order valence-corrected chi connectivity index (χ3v) is 2.36. The highest BCUT2D eigenvalue weighted by Gasteiger charge is 2.16. The number of nitrogens with zero attached hydrogens (tertiary/aromatic N) is 1. The van der Waals surface area contributed by atoms with Gasteiger partial charge in [-0.3, -0.25) is 0 Å². The van der Waals surface area contributed by atoms with Crippen LogP contribution < -0.4 is 5.32 Å². The average molecular weight is 172 g/mol. The van der Waals surface area contributed by atoms with Crippen LogP contribution in [0.1, 0.15) is 6.92 Å². The van der Waals surface area contributed by atoms with Gasteiger partial charge in [-0.15, -0.1) is 0 Å². The lowest BCUT2D eigenvalue weighted by Gasteiger charge is -2.21. The number of likely N-dealkylation sites (N-methyl/N-ethyl adjacent to an activating group) is 1. The fraction of sp³-hybridized carbons (Fsp3) is 1.00. The second-order valence-electron chi connectivity index (χ2n) is 3.39. The van der Waals surface area contributed by atoms with E-state index in [0.29, 0.717) is 5.92 Å². The van der Waals surface area contributed by atoms with Crippen molar-refractivity contribution in [3.8, 4) is 0 Å². The molecule has 12 heavy (non-hydrogen) atoms. The van der Waals surface area contributed by atoms with Crippen molar-refractivity contribution in [3.05, 3.63) is 0 Å². The Bertz CT molecular complexity index is 119. The molecular weight excluding hydrogens is 152 g/mol. The molecule has 1 atom stereocenters. The van der Waals surface area contributed by atoms with E-state index in [4.69, 9.17) is 4.74 Å². The molecule has 1 unspecified atom stereocenters. The second-order valence-corrected chi connectivity index (χ2v) is 3.39. The van der Waals surface area contributed by atoms with Crippen LogP contribution in [0.3, 0.4) is 0 Å². The van der Waals surface area contributed by atoms with E-state index in [0.717, 1.165) is 32.8 Å². The summed E-state index contributed by atoms with van der Waals surface area (Å²) in [5.41, 5.74) is 0. The standard InChI is InChI=1S/C9H20N2O/c1-3-11-4-5-12-8-9(7-11)6-10-2/h9-10H,3-8H2,1-2H3. The van der Waals surface area contributed by atoms with Gasteiger partial charge in [-0.05, 0) is 13.6 Å². The number of hydrogen-bond acceptors (Lipinski definition) is 3. The van der Waals surface area contributed by atoms with Crippen LogP contribution in [-0.2, 0) is 4.74 Å². The Morgan fingerprint density at radius 2 is 2.42 bits per heavy atom. The molecular formula is C9H20N2O. The van der Waals surface area contributed by atoms with Crippen LogP contribution in [0.2, 0.25) is 0 Å². The summed E-state index contributed by atoms with van der Waals surface area (Å²) >= 11 is 0. The number of rotatable bonds is 3. The second kappa shape index (κ2) is 5.51. The molecule has 1 heterocycles. The van der Waals surface area contributed by atoms with Gasteiger partial charge >= 0.3 is 0 Å². The summed E-state index contributed by atoms with van der Waals surface area (Å²) in [6.07, 6.45) is 0. The summed E-state index contributed by atoms with van der Waals surface area (Å²) in [5.74, 6) is 0.664. The van der Waals surface area contributed by atoms with E-state index in [1.54, 1.807) is 0 Å². The van der Waals surface area contributed by atoms with Gasteiger partial charge in [0.2, 0.25) is 0 Å². The van der Waals surface area contributed by atoms with Crippen LogP contribution in [0.15, 0.2) is 0 Å². The highest BCUT2D eigenvalue weighted by atomic mass is 16.5. The van der Waals surface area contributed by atoms with E-state index in [1.807, 2.05) is 7.05 Å². The number of ether oxygens (including phenoxy) is 1. The van der Waals surface area contributed by atoms with E-state index in [9.17, 15) is 0 Å². The molecule has 0 bridgehead atoms. The van der Waals surface area contributed by atoms with Gasteiger partial charge in [-0.25, -0.2) is 0 Å². The van der Waals surface area contributed by atoms with Crippen molar-refractivity contribution >= 4 is 0 Å². The predicted molar refractivity (Wildman–Crippen MR) is 50.3 cm³/mol. The number of hydrogen-bond donors (Lipinski definition) is 1. The summed E-state index contributed by atoms with van der Waals surface area (Å²) in [4.78, 5) is 2.45. The molecule has 1 rings (SSSR count). The quantitative estimate of drug-likeness (QED) is 0.657. The van der Waals surface area contributed by atoms with Crippen molar-refractivity contribution in [2.75, 3.05) is 46.4 Å². The van der Waals surface area contributed by atoms with Gasteiger partial charge in [-0.1, -0.05) is 6.92 Å². The van der Waals surface area contributed by atoms with E-state index in [2.05, 4.69) is 17.1 Å².